The van der Waals surface area contributed by atoms with Gasteiger partial charge in [-0.2, -0.15) is 0 Å². The second-order valence-corrected chi connectivity index (χ2v) is 7.21. The van der Waals surface area contributed by atoms with Gasteiger partial charge in [0.05, 0.1) is 0 Å². The molecular formula is C22H28N2O. The molecule has 1 saturated heterocycles. The molecule has 3 heteroatoms. The molecule has 1 aliphatic rings. The van der Waals surface area contributed by atoms with E-state index in [2.05, 4.69) is 61.8 Å². The van der Waals surface area contributed by atoms with Crippen LogP contribution in [0.4, 0.5) is 5.69 Å². The van der Waals surface area contributed by atoms with Crippen LogP contribution < -0.4 is 4.90 Å². The number of nitrogens with zero attached hydrogens (tertiary/aromatic N) is 2. The van der Waals surface area contributed by atoms with Gasteiger partial charge in [-0.15, -0.1) is 0 Å². The number of rotatable bonds is 4. The van der Waals surface area contributed by atoms with Crippen LogP contribution in [0.3, 0.4) is 0 Å². The van der Waals surface area contributed by atoms with Gasteiger partial charge in [0.25, 0.3) is 0 Å². The SMILES string of the molecule is Cc1ccc([C@H](C)N2CCN(c3ccc(C=O)cc3C)CC2)cc1C. The molecule has 0 aromatic heterocycles. The Bertz CT molecular complexity index is 761. The van der Waals surface area contributed by atoms with E-state index in [1.165, 1.54) is 27.9 Å². The summed E-state index contributed by atoms with van der Waals surface area (Å²) in [6.45, 7) is 12.9. The van der Waals surface area contributed by atoms with E-state index in [4.69, 9.17) is 0 Å². The Labute approximate surface area is 151 Å². The maximum Gasteiger partial charge on any atom is 0.150 e. The standard InChI is InChI=1S/C22H28N2O/c1-16-5-7-21(14-17(16)2)19(4)23-9-11-24(12-10-23)22-8-6-20(15-25)13-18(22)3/h5-8,13-15,19H,9-12H2,1-4H3/t19-/m0/s1. The third-order valence-corrected chi connectivity index (χ3v) is 5.57. The molecule has 0 bridgehead atoms. The van der Waals surface area contributed by atoms with Gasteiger partial charge in [0.15, 0.2) is 0 Å². The van der Waals surface area contributed by atoms with Crippen LogP contribution in [0.1, 0.15) is 45.6 Å². The molecule has 2 aromatic rings. The number of carbonyl (C=O) groups excluding carboxylic acids is 1. The van der Waals surface area contributed by atoms with Crippen molar-refractivity contribution in [1.82, 2.24) is 4.90 Å². The van der Waals surface area contributed by atoms with E-state index in [1.54, 1.807) is 0 Å². The first-order valence-electron chi connectivity index (χ1n) is 9.11. The minimum atomic E-state index is 0.444. The molecule has 0 N–H and O–H groups in total. The van der Waals surface area contributed by atoms with Crippen LogP contribution in [0.2, 0.25) is 0 Å². The van der Waals surface area contributed by atoms with E-state index < -0.39 is 0 Å². The summed E-state index contributed by atoms with van der Waals surface area (Å²) in [6, 6.07) is 13.2. The summed E-state index contributed by atoms with van der Waals surface area (Å²) in [6.07, 6.45) is 0.917. The number of benzene rings is 2. The fraction of sp³-hybridized carbons (Fsp3) is 0.409. The van der Waals surface area contributed by atoms with Gasteiger partial charge in [0.2, 0.25) is 0 Å². The Balaban J connectivity index is 1.67. The van der Waals surface area contributed by atoms with Crippen LogP contribution in [-0.4, -0.2) is 37.4 Å². The molecule has 25 heavy (non-hydrogen) atoms. The summed E-state index contributed by atoms with van der Waals surface area (Å²) >= 11 is 0. The van der Waals surface area contributed by atoms with Crippen molar-refractivity contribution in [3.05, 3.63) is 64.2 Å². The molecular weight excluding hydrogens is 308 g/mol. The molecule has 0 spiro atoms. The summed E-state index contributed by atoms with van der Waals surface area (Å²) in [5, 5.41) is 0. The zero-order valence-corrected chi connectivity index (χ0v) is 15.7. The monoisotopic (exact) mass is 336 g/mol. The van der Waals surface area contributed by atoms with Gasteiger partial charge in [-0.3, -0.25) is 9.69 Å². The van der Waals surface area contributed by atoms with E-state index >= 15 is 0 Å². The third-order valence-electron chi connectivity index (χ3n) is 5.57. The predicted octanol–water partition coefficient (Wildman–Crippen LogP) is 4.31. The molecule has 1 fully saturated rings. The van der Waals surface area contributed by atoms with Gasteiger partial charge in [-0.05, 0) is 68.1 Å². The fourth-order valence-electron chi connectivity index (χ4n) is 3.69. The first-order valence-corrected chi connectivity index (χ1v) is 9.11. The Morgan fingerprint density at radius 2 is 1.60 bits per heavy atom. The van der Waals surface area contributed by atoms with E-state index in [-0.39, 0.29) is 0 Å². The quantitative estimate of drug-likeness (QED) is 0.778. The molecule has 1 heterocycles. The van der Waals surface area contributed by atoms with Crippen molar-refractivity contribution in [3.63, 3.8) is 0 Å². The molecule has 0 radical (unpaired) electrons. The molecule has 0 amide bonds. The number of piperazine rings is 1. The van der Waals surface area contributed by atoms with Crippen LogP contribution in [0.5, 0.6) is 0 Å². The summed E-state index contributed by atoms with van der Waals surface area (Å²) < 4.78 is 0. The zero-order valence-electron chi connectivity index (χ0n) is 15.7. The van der Waals surface area contributed by atoms with Gasteiger partial charge in [-0.25, -0.2) is 0 Å². The Morgan fingerprint density at radius 3 is 2.20 bits per heavy atom. The molecule has 0 unspecified atom stereocenters. The largest absolute Gasteiger partial charge is 0.369 e. The average molecular weight is 336 g/mol. The van der Waals surface area contributed by atoms with E-state index in [0.717, 1.165) is 38.0 Å². The smallest absolute Gasteiger partial charge is 0.150 e. The first-order chi connectivity index (χ1) is 12.0. The van der Waals surface area contributed by atoms with E-state index in [9.17, 15) is 4.79 Å². The van der Waals surface area contributed by atoms with Crippen molar-refractivity contribution in [2.24, 2.45) is 0 Å². The molecule has 1 aliphatic heterocycles. The van der Waals surface area contributed by atoms with Gasteiger partial charge in [-0.1, -0.05) is 18.2 Å². The van der Waals surface area contributed by atoms with Gasteiger partial charge in [0.1, 0.15) is 6.29 Å². The van der Waals surface area contributed by atoms with Crippen molar-refractivity contribution >= 4 is 12.0 Å². The molecule has 0 aliphatic carbocycles. The number of hydrogen-bond acceptors (Lipinski definition) is 3. The summed E-state index contributed by atoms with van der Waals surface area (Å²) in [4.78, 5) is 15.9. The lowest BCUT2D eigenvalue weighted by molar-refractivity contribution is 0.112. The lowest BCUT2D eigenvalue weighted by atomic mass is 10.0. The number of carbonyl (C=O) groups is 1. The lowest BCUT2D eigenvalue weighted by Crippen LogP contribution is -2.47. The molecule has 2 aromatic carbocycles. The molecule has 3 rings (SSSR count). The molecule has 1 atom stereocenters. The normalized spacial score (nSPS) is 16.7. The topological polar surface area (TPSA) is 23.6 Å². The van der Waals surface area contributed by atoms with Gasteiger partial charge in [0, 0.05) is 43.5 Å². The van der Waals surface area contributed by atoms with E-state index in [0.29, 0.717) is 6.04 Å². The lowest BCUT2D eigenvalue weighted by Gasteiger charge is -2.40. The highest BCUT2D eigenvalue weighted by Crippen LogP contribution is 2.27. The first kappa shape index (κ1) is 17.7. The number of aryl methyl sites for hydroxylation is 3. The second kappa shape index (κ2) is 7.40. The third kappa shape index (κ3) is 3.77. The molecule has 3 nitrogen and oxygen atoms in total. The fourth-order valence-corrected chi connectivity index (χ4v) is 3.69. The predicted molar refractivity (Wildman–Crippen MR) is 105 cm³/mol. The highest BCUT2D eigenvalue weighted by atomic mass is 16.1. The van der Waals surface area contributed by atoms with Crippen LogP contribution in [0.25, 0.3) is 0 Å². The Morgan fingerprint density at radius 1 is 0.880 bits per heavy atom. The number of hydrogen-bond donors (Lipinski definition) is 0. The minimum Gasteiger partial charge on any atom is -0.369 e. The second-order valence-electron chi connectivity index (χ2n) is 7.21. The maximum atomic E-state index is 10.9. The summed E-state index contributed by atoms with van der Waals surface area (Å²) in [7, 11) is 0. The maximum absolute atomic E-state index is 10.9. The van der Waals surface area contributed by atoms with Crippen LogP contribution in [-0.2, 0) is 0 Å². The van der Waals surface area contributed by atoms with Crippen LogP contribution >= 0.6 is 0 Å². The van der Waals surface area contributed by atoms with Gasteiger partial charge < -0.3 is 4.90 Å². The highest BCUT2D eigenvalue weighted by molar-refractivity contribution is 5.77. The Hall–Kier alpha value is -2.13. The Kier molecular flexibility index (Phi) is 5.24. The number of anilines is 1. The molecule has 132 valence electrons. The highest BCUT2D eigenvalue weighted by Gasteiger charge is 2.23. The van der Waals surface area contributed by atoms with Crippen molar-refractivity contribution in [1.29, 1.82) is 0 Å². The summed E-state index contributed by atoms with van der Waals surface area (Å²) in [5.74, 6) is 0. The van der Waals surface area contributed by atoms with Crippen molar-refractivity contribution in [2.75, 3.05) is 31.1 Å². The van der Waals surface area contributed by atoms with E-state index in [1.807, 2.05) is 12.1 Å². The van der Waals surface area contributed by atoms with Crippen LogP contribution in [0.15, 0.2) is 36.4 Å². The van der Waals surface area contributed by atoms with Crippen molar-refractivity contribution < 1.29 is 4.79 Å². The van der Waals surface area contributed by atoms with Crippen molar-refractivity contribution in [2.45, 2.75) is 33.7 Å². The zero-order chi connectivity index (χ0) is 18.0. The summed E-state index contributed by atoms with van der Waals surface area (Å²) in [5.41, 5.74) is 7.32. The average Bonchev–Trinajstić information content (AvgIpc) is 2.63. The van der Waals surface area contributed by atoms with Gasteiger partial charge >= 0.3 is 0 Å². The molecule has 0 saturated carbocycles. The van der Waals surface area contributed by atoms with Crippen LogP contribution in [0, 0.1) is 20.8 Å². The minimum absolute atomic E-state index is 0.444. The van der Waals surface area contributed by atoms with Crippen molar-refractivity contribution in [3.8, 4) is 0 Å². The number of aldehydes is 1.